The van der Waals surface area contributed by atoms with E-state index in [4.69, 9.17) is 0 Å². The van der Waals surface area contributed by atoms with Crippen LogP contribution in [0.1, 0.15) is 50.4 Å². The molecule has 2 heterocycles. The van der Waals surface area contributed by atoms with Gasteiger partial charge in [0.05, 0.1) is 23.6 Å². The van der Waals surface area contributed by atoms with E-state index >= 15 is 0 Å². The zero-order chi connectivity index (χ0) is 28.2. The summed E-state index contributed by atoms with van der Waals surface area (Å²) in [6, 6.07) is 19.7. The molecule has 3 aromatic carbocycles. The number of halogens is 1. The quantitative estimate of drug-likeness (QED) is 0.276. The van der Waals surface area contributed by atoms with Gasteiger partial charge in [-0.05, 0) is 79.4 Å². The normalized spacial score (nSPS) is 13.8. The van der Waals surface area contributed by atoms with Crippen molar-refractivity contribution in [3.63, 3.8) is 0 Å². The third-order valence-electron chi connectivity index (χ3n) is 7.55. The van der Waals surface area contributed by atoms with Gasteiger partial charge in [0.1, 0.15) is 5.82 Å². The summed E-state index contributed by atoms with van der Waals surface area (Å²) in [5.41, 5.74) is 5.50. The molecule has 40 heavy (non-hydrogen) atoms. The largest absolute Gasteiger partial charge is 0.393 e. The number of nitrogens with zero attached hydrogens (tertiary/aromatic N) is 3. The van der Waals surface area contributed by atoms with Crippen molar-refractivity contribution in [1.29, 1.82) is 0 Å². The van der Waals surface area contributed by atoms with Crippen LogP contribution >= 0.6 is 0 Å². The predicted molar refractivity (Wildman–Crippen MR) is 154 cm³/mol. The monoisotopic (exact) mass is 540 g/mol. The second kappa shape index (κ2) is 11.8. The highest BCUT2D eigenvalue weighted by molar-refractivity contribution is 5.98. The first kappa shape index (κ1) is 27.3. The molecule has 8 heteroatoms. The molecular weight excluding hydrogens is 507 g/mol. The molecule has 0 bridgehead atoms. The van der Waals surface area contributed by atoms with E-state index in [-0.39, 0.29) is 30.5 Å². The van der Waals surface area contributed by atoms with Crippen LogP contribution in [0.2, 0.25) is 0 Å². The molecule has 2 N–H and O–H groups in total. The summed E-state index contributed by atoms with van der Waals surface area (Å²) in [4.78, 5) is 27.7. The number of hydrogen-bond donors (Lipinski definition) is 2. The minimum atomic E-state index is -0.448. The van der Waals surface area contributed by atoms with Gasteiger partial charge in [-0.3, -0.25) is 14.3 Å². The molecule has 1 aliphatic rings. The van der Waals surface area contributed by atoms with Crippen LogP contribution in [-0.2, 0) is 19.9 Å². The first-order valence-electron chi connectivity index (χ1n) is 13.5. The fourth-order valence-electron chi connectivity index (χ4n) is 4.95. The van der Waals surface area contributed by atoms with E-state index in [0.29, 0.717) is 28.1 Å². The lowest BCUT2D eigenvalue weighted by molar-refractivity contribution is 0.0984. The van der Waals surface area contributed by atoms with Crippen LogP contribution in [0.4, 0.5) is 21.5 Å². The van der Waals surface area contributed by atoms with Gasteiger partial charge >= 0.3 is 0 Å². The Hall–Kier alpha value is -4.30. The highest BCUT2D eigenvalue weighted by Crippen LogP contribution is 2.24. The first-order valence-corrected chi connectivity index (χ1v) is 13.5. The van der Waals surface area contributed by atoms with Gasteiger partial charge in [-0.25, -0.2) is 4.39 Å². The van der Waals surface area contributed by atoms with Gasteiger partial charge in [0, 0.05) is 55.6 Å². The van der Waals surface area contributed by atoms with E-state index in [1.165, 1.54) is 6.07 Å². The van der Waals surface area contributed by atoms with Crippen LogP contribution < -0.4 is 10.2 Å². The average Bonchev–Trinajstić information content (AvgIpc) is 3.29. The van der Waals surface area contributed by atoms with Gasteiger partial charge < -0.3 is 15.3 Å². The maximum absolute atomic E-state index is 14.8. The minimum absolute atomic E-state index is 0.0268. The number of Topliss-reactive ketones (excluding diaryl/α,β-unsaturated/α-hetero) is 2. The van der Waals surface area contributed by atoms with Crippen molar-refractivity contribution in [2.45, 2.75) is 38.7 Å². The molecule has 7 nitrogen and oxygen atoms in total. The molecule has 1 fully saturated rings. The topological polar surface area (TPSA) is 87.5 Å². The number of carbonyl (C=O) groups is 2. The summed E-state index contributed by atoms with van der Waals surface area (Å²) in [7, 11) is 1.78. The third-order valence-corrected chi connectivity index (χ3v) is 7.55. The molecule has 5 rings (SSSR count). The number of anilines is 3. The van der Waals surface area contributed by atoms with E-state index in [2.05, 4.69) is 15.3 Å². The zero-order valence-corrected chi connectivity index (χ0v) is 22.7. The highest BCUT2D eigenvalue weighted by atomic mass is 19.1. The Kier molecular flexibility index (Phi) is 8.07. The number of piperidine rings is 1. The smallest absolute Gasteiger partial charge is 0.170 e. The Morgan fingerprint density at radius 3 is 2.23 bits per heavy atom. The number of aromatic nitrogens is 2. The van der Waals surface area contributed by atoms with Crippen molar-refractivity contribution in [2.75, 3.05) is 23.3 Å². The van der Waals surface area contributed by atoms with Gasteiger partial charge in [-0.15, -0.1) is 0 Å². The second-order valence-corrected chi connectivity index (χ2v) is 10.4. The number of carbonyl (C=O) groups excluding carboxylic acids is 2. The minimum Gasteiger partial charge on any atom is -0.393 e. The van der Waals surface area contributed by atoms with Crippen LogP contribution in [0, 0.1) is 12.7 Å². The zero-order valence-electron chi connectivity index (χ0n) is 22.7. The third kappa shape index (κ3) is 6.29. The van der Waals surface area contributed by atoms with Gasteiger partial charge in [0.15, 0.2) is 11.6 Å². The molecule has 4 aromatic rings. The number of aliphatic hydroxyl groups is 1. The van der Waals surface area contributed by atoms with Crippen LogP contribution in [0.5, 0.6) is 0 Å². The van der Waals surface area contributed by atoms with E-state index < -0.39 is 5.82 Å². The molecule has 0 atom stereocenters. The number of ketones is 2. The standard InChI is InChI=1S/C32H33FN4O3/c1-21-28(20-34-36(21)2)32(40)19-23-5-12-30(29(33)17-23)35-25-8-3-22(4-9-25)18-31(39)24-6-10-26(11-7-24)37-15-13-27(38)14-16-37/h3-12,17,20,27,35,38H,13-16,18-19H2,1-2H3. The SMILES string of the molecule is Cc1c(C(=O)Cc2ccc(Nc3ccc(CC(=O)c4ccc(N5CCC(O)CC5)cc4)cc3)c(F)c2)cnn1C. The number of hydrogen-bond acceptors (Lipinski definition) is 6. The van der Waals surface area contributed by atoms with Crippen LogP contribution in [0.25, 0.3) is 0 Å². The lowest BCUT2D eigenvalue weighted by atomic mass is 10.0. The maximum atomic E-state index is 14.8. The van der Waals surface area contributed by atoms with Crippen molar-refractivity contribution in [3.8, 4) is 0 Å². The molecule has 1 saturated heterocycles. The van der Waals surface area contributed by atoms with E-state index in [1.807, 2.05) is 55.5 Å². The molecule has 0 saturated carbocycles. The molecule has 0 spiro atoms. The van der Waals surface area contributed by atoms with Crippen molar-refractivity contribution in [2.24, 2.45) is 7.05 Å². The molecule has 0 radical (unpaired) electrons. The predicted octanol–water partition coefficient (Wildman–Crippen LogP) is 5.42. The van der Waals surface area contributed by atoms with Crippen molar-refractivity contribution in [1.82, 2.24) is 9.78 Å². The average molecular weight is 541 g/mol. The molecule has 0 amide bonds. The summed E-state index contributed by atoms with van der Waals surface area (Å²) < 4.78 is 16.5. The van der Waals surface area contributed by atoms with Crippen molar-refractivity contribution in [3.05, 3.63) is 107 Å². The fourth-order valence-corrected chi connectivity index (χ4v) is 4.95. The molecule has 1 aliphatic heterocycles. The number of aryl methyl sites for hydroxylation is 1. The molecular formula is C32H33FN4O3. The molecule has 0 aliphatic carbocycles. The van der Waals surface area contributed by atoms with Gasteiger partial charge in [-0.1, -0.05) is 18.2 Å². The molecule has 1 aromatic heterocycles. The summed E-state index contributed by atoms with van der Waals surface area (Å²) in [6.45, 7) is 3.46. The van der Waals surface area contributed by atoms with E-state index in [9.17, 15) is 19.1 Å². The Labute approximate surface area is 233 Å². The number of benzene rings is 3. The Morgan fingerprint density at radius 2 is 1.60 bits per heavy atom. The molecule has 0 unspecified atom stereocenters. The maximum Gasteiger partial charge on any atom is 0.170 e. The lowest BCUT2D eigenvalue weighted by Crippen LogP contribution is -2.35. The number of aliphatic hydroxyl groups excluding tert-OH is 1. The van der Waals surface area contributed by atoms with Crippen LogP contribution in [0.15, 0.2) is 72.9 Å². The summed E-state index contributed by atoms with van der Waals surface area (Å²) >= 11 is 0. The first-order chi connectivity index (χ1) is 19.3. The van der Waals surface area contributed by atoms with E-state index in [0.717, 1.165) is 42.9 Å². The van der Waals surface area contributed by atoms with Crippen molar-refractivity contribution < 1.29 is 19.1 Å². The van der Waals surface area contributed by atoms with Crippen LogP contribution in [-0.4, -0.2) is 45.6 Å². The summed E-state index contributed by atoms with van der Waals surface area (Å²) in [5.74, 6) is -0.523. The molecule has 206 valence electrons. The Morgan fingerprint density at radius 1 is 0.950 bits per heavy atom. The Bertz CT molecular complexity index is 1500. The van der Waals surface area contributed by atoms with E-state index in [1.54, 1.807) is 30.1 Å². The second-order valence-electron chi connectivity index (χ2n) is 10.4. The van der Waals surface area contributed by atoms with Crippen molar-refractivity contribution >= 4 is 28.6 Å². The van der Waals surface area contributed by atoms with Gasteiger partial charge in [0.25, 0.3) is 0 Å². The number of rotatable bonds is 9. The number of nitrogens with one attached hydrogen (secondary N) is 1. The van der Waals surface area contributed by atoms with Crippen LogP contribution in [0.3, 0.4) is 0 Å². The summed E-state index contributed by atoms with van der Waals surface area (Å²) in [5, 5.41) is 16.9. The summed E-state index contributed by atoms with van der Waals surface area (Å²) in [6.07, 6.45) is 3.21. The highest BCUT2D eigenvalue weighted by Gasteiger charge is 2.18. The van der Waals surface area contributed by atoms with Gasteiger partial charge in [-0.2, -0.15) is 5.10 Å². The fraction of sp³-hybridized carbons (Fsp3) is 0.281. The van der Waals surface area contributed by atoms with Gasteiger partial charge in [0.2, 0.25) is 0 Å². The Balaban J connectivity index is 1.16. The lowest BCUT2D eigenvalue weighted by Gasteiger charge is -2.31.